The molecule has 0 bridgehead atoms. The molecule has 1 unspecified atom stereocenters. The lowest BCUT2D eigenvalue weighted by Gasteiger charge is -1.95. The van der Waals surface area contributed by atoms with Crippen LogP contribution >= 0.6 is 0 Å². The fraction of sp³-hybridized carbons (Fsp3) is 0.333. The summed E-state index contributed by atoms with van der Waals surface area (Å²) in [4.78, 5) is 0. The van der Waals surface area contributed by atoms with Crippen LogP contribution in [0.4, 0.5) is 0 Å². The van der Waals surface area contributed by atoms with Crippen molar-refractivity contribution >= 4 is 11.0 Å². The number of benzene rings is 1. The molecule has 2 aromatic rings. The van der Waals surface area contributed by atoms with Gasteiger partial charge in [-0.05, 0) is 37.1 Å². The van der Waals surface area contributed by atoms with Gasteiger partial charge in [-0.3, -0.25) is 0 Å². The third-order valence-corrected chi connectivity index (χ3v) is 2.42. The minimum absolute atomic E-state index is 0.535. The fourth-order valence-corrected chi connectivity index (χ4v) is 1.54. The molecule has 0 spiro atoms. The highest BCUT2D eigenvalue weighted by molar-refractivity contribution is 5.78. The van der Waals surface area contributed by atoms with Gasteiger partial charge in [0.2, 0.25) is 0 Å². The summed E-state index contributed by atoms with van der Waals surface area (Å²) in [7, 11) is 0. The Bertz CT molecular complexity index is 441. The average Bonchev–Trinajstić information content (AvgIpc) is 2.59. The molecule has 2 nitrogen and oxygen atoms in total. The Morgan fingerprint density at radius 3 is 2.79 bits per heavy atom. The van der Waals surface area contributed by atoms with E-state index in [0.717, 1.165) is 17.4 Å². The predicted molar refractivity (Wildman–Crippen MR) is 56.2 cm³/mol. The second kappa shape index (κ2) is 3.46. The van der Waals surface area contributed by atoms with Crippen molar-refractivity contribution in [2.75, 3.05) is 0 Å². The molecule has 0 saturated heterocycles. The van der Waals surface area contributed by atoms with Crippen LogP contribution in [0, 0.1) is 0 Å². The van der Waals surface area contributed by atoms with Crippen molar-refractivity contribution in [3.63, 3.8) is 0 Å². The topological polar surface area (TPSA) is 33.4 Å². The molecular formula is C12H14O2. The maximum absolute atomic E-state index is 9.36. The molecular weight excluding hydrogens is 176 g/mol. The number of hydrogen-bond acceptors (Lipinski definition) is 2. The van der Waals surface area contributed by atoms with Gasteiger partial charge >= 0.3 is 0 Å². The molecule has 0 aliphatic rings. The maximum Gasteiger partial charge on any atom is 0.134 e. The average molecular weight is 190 g/mol. The quantitative estimate of drug-likeness (QED) is 0.789. The van der Waals surface area contributed by atoms with Gasteiger partial charge < -0.3 is 9.52 Å². The van der Waals surface area contributed by atoms with Crippen molar-refractivity contribution in [2.24, 2.45) is 0 Å². The van der Waals surface area contributed by atoms with Crippen LogP contribution < -0.4 is 0 Å². The van der Waals surface area contributed by atoms with Gasteiger partial charge in [0.1, 0.15) is 17.4 Å². The summed E-state index contributed by atoms with van der Waals surface area (Å²) in [5, 5.41) is 10.4. The SMILES string of the molecule is CCc1ccc2oc(C(C)O)cc2c1. The second-order valence-corrected chi connectivity index (χ2v) is 3.55. The Balaban J connectivity index is 2.54. The van der Waals surface area contributed by atoms with Gasteiger partial charge in [0.25, 0.3) is 0 Å². The van der Waals surface area contributed by atoms with Gasteiger partial charge in [0.05, 0.1) is 0 Å². The first-order valence-corrected chi connectivity index (χ1v) is 4.91. The smallest absolute Gasteiger partial charge is 0.134 e. The molecule has 1 heterocycles. The lowest BCUT2D eigenvalue weighted by Crippen LogP contribution is -1.85. The molecule has 0 fully saturated rings. The fourth-order valence-electron chi connectivity index (χ4n) is 1.54. The van der Waals surface area contributed by atoms with Gasteiger partial charge in [-0.1, -0.05) is 13.0 Å². The molecule has 1 atom stereocenters. The lowest BCUT2D eigenvalue weighted by molar-refractivity contribution is 0.172. The summed E-state index contributed by atoms with van der Waals surface area (Å²) in [6.07, 6.45) is 0.484. The minimum atomic E-state index is -0.535. The van der Waals surface area contributed by atoms with Crippen LogP contribution in [0.1, 0.15) is 31.3 Å². The molecule has 1 aromatic carbocycles. The summed E-state index contributed by atoms with van der Waals surface area (Å²) >= 11 is 0. The number of rotatable bonds is 2. The van der Waals surface area contributed by atoms with Crippen molar-refractivity contribution < 1.29 is 9.52 Å². The van der Waals surface area contributed by atoms with Gasteiger partial charge in [-0.15, -0.1) is 0 Å². The monoisotopic (exact) mass is 190 g/mol. The number of aryl methyl sites for hydroxylation is 1. The third-order valence-electron chi connectivity index (χ3n) is 2.42. The number of furan rings is 1. The summed E-state index contributed by atoms with van der Waals surface area (Å²) in [6.45, 7) is 3.83. The molecule has 1 aromatic heterocycles. The van der Waals surface area contributed by atoms with Crippen LogP contribution in [-0.2, 0) is 6.42 Å². The number of aliphatic hydroxyl groups is 1. The van der Waals surface area contributed by atoms with E-state index in [2.05, 4.69) is 19.1 Å². The third kappa shape index (κ3) is 1.53. The Morgan fingerprint density at radius 1 is 1.36 bits per heavy atom. The summed E-state index contributed by atoms with van der Waals surface area (Å²) in [5.41, 5.74) is 2.13. The number of hydrogen-bond donors (Lipinski definition) is 1. The molecule has 0 saturated carbocycles. The molecule has 2 heteroatoms. The van der Waals surface area contributed by atoms with Crippen LogP contribution in [0.25, 0.3) is 11.0 Å². The van der Waals surface area contributed by atoms with Crippen molar-refractivity contribution in [3.05, 3.63) is 35.6 Å². The molecule has 0 radical (unpaired) electrons. The molecule has 14 heavy (non-hydrogen) atoms. The van der Waals surface area contributed by atoms with Crippen molar-refractivity contribution in [1.82, 2.24) is 0 Å². The van der Waals surface area contributed by atoms with Gasteiger partial charge in [0, 0.05) is 5.39 Å². The van der Waals surface area contributed by atoms with Crippen LogP contribution in [0.3, 0.4) is 0 Å². The summed E-state index contributed by atoms with van der Waals surface area (Å²) in [6, 6.07) is 8.02. The van der Waals surface area contributed by atoms with Gasteiger partial charge in [0.15, 0.2) is 0 Å². The first-order chi connectivity index (χ1) is 6.70. The second-order valence-electron chi connectivity index (χ2n) is 3.55. The zero-order valence-corrected chi connectivity index (χ0v) is 8.45. The zero-order chi connectivity index (χ0) is 10.1. The van der Waals surface area contributed by atoms with Crippen LogP contribution in [0.2, 0.25) is 0 Å². The zero-order valence-electron chi connectivity index (χ0n) is 8.45. The van der Waals surface area contributed by atoms with Gasteiger partial charge in [-0.2, -0.15) is 0 Å². The summed E-state index contributed by atoms with van der Waals surface area (Å²) in [5.74, 6) is 0.633. The molecule has 0 aliphatic heterocycles. The molecule has 74 valence electrons. The Labute approximate surface area is 83.2 Å². The highest BCUT2D eigenvalue weighted by atomic mass is 16.4. The van der Waals surface area contributed by atoms with E-state index in [1.165, 1.54) is 5.56 Å². The van der Waals surface area contributed by atoms with Crippen molar-refractivity contribution in [2.45, 2.75) is 26.4 Å². The van der Waals surface area contributed by atoms with E-state index in [9.17, 15) is 5.11 Å². The largest absolute Gasteiger partial charge is 0.458 e. The van der Waals surface area contributed by atoms with E-state index in [-0.39, 0.29) is 0 Å². The van der Waals surface area contributed by atoms with E-state index in [1.807, 2.05) is 12.1 Å². The highest BCUT2D eigenvalue weighted by Gasteiger charge is 2.08. The van der Waals surface area contributed by atoms with Crippen molar-refractivity contribution in [1.29, 1.82) is 0 Å². The van der Waals surface area contributed by atoms with Crippen LogP contribution in [-0.4, -0.2) is 5.11 Å². The van der Waals surface area contributed by atoms with Crippen LogP contribution in [0.5, 0.6) is 0 Å². The van der Waals surface area contributed by atoms with Crippen molar-refractivity contribution in [3.8, 4) is 0 Å². The standard InChI is InChI=1S/C12H14O2/c1-3-9-4-5-11-10(6-9)7-12(14-11)8(2)13/h4-8,13H,3H2,1-2H3. The van der Waals surface area contributed by atoms with E-state index in [1.54, 1.807) is 6.92 Å². The molecule has 2 rings (SSSR count). The molecule has 0 aliphatic carbocycles. The first kappa shape index (κ1) is 9.28. The first-order valence-electron chi connectivity index (χ1n) is 4.91. The van der Waals surface area contributed by atoms with E-state index < -0.39 is 6.10 Å². The molecule has 0 amide bonds. The van der Waals surface area contributed by atoms with Crippen LogP contribution in [0.15, 0.2) is 28.7 Å². The minimum Gasteiger partial charge on any atom is -0.458 e. The van der Waals surface area contributed by atoms with E-state index >= 15 is 0 Å². The Hall–Kier alpha value is -1.28. The van der Waals surface area contributed by atoms with Gasteiger partial charge in [-0.25, -0.2) is 0 Å². The van der Waals surface area contributed by atoms with E-state index in [0.29, 0.717) is 5.76 Å². The predicted octanol–water partition coefficient (Wildman–Crippen LogP) is 3.05. The highest BCUT2D eigenvalue weighted by Crippen LogP contribution is 2.24. The Morgan fingerprint density at radius 2 is 2.14 bits per heavy atom. The normalized spacial score (nSPS) is 13.4. The van der Waals surface area contributed by atoms with E-state index in [4.69, 9.17) is 4.42 Å². The lowest BCUT2D eigenvalue weighted by atomic mass is 10.1. The number of aliphatic hydroxyl groups excluding tert-OH is 1. The number of fused-ring (bicyclic) bond motifs is 1. The summed E-state index contributed by atoms with van der Waals surface area (Å²) < 4.78 is 5.48. The molecule has 1 N–H and O–H groups in total. The Kier molecular flexibility index (Phi) is 2.30. The maximum atomic E-state index is 9.36.